The third kappa shape index (κ3) is 5.04. The summed E-state index contributed by atoms with van der Waals surface area (Å²) < 4.78 is 5.95. The average molecular weight is 196 g/mol. The smallest absolute Gasteiger partial charge is 0.101 e. The summed E-state index contributed by atoms with van der Waals surface area (Å²) in [5, 5.41) is 0. The Balaban J connectivity index is 2.05. The SMILES string of the molecule is BCCCOC(CCCCC)C1CC1. The molecule has 0 amide bonds. The summed E-state index contributed by atoms with van der Waals surface area (Å²) in [4.78, 5) is 0. The first-order chi connectivity index (χ1) is 6.88. The van der Waals surface area contributed by atoms with Crippen LogP contribution in [-0.2, 0) is 4.74 Å². The molecule has 1 aliphatic rings. The van der Waals surface area contributed by atoms with Gasteiger partial charge in [-0.1, -0.05) is 32.5 Å². The average Bonchev–Trinajstić information content (AvgIpc) is 2.99. The van der Waals surface area contributed by atoms with Gasteiger partial charge in [-0.3, -0.25) is 0 Å². The van der Waals surface area contributed by atoms with E-state index in [4.69, 9.17) is 4.74 Å². The number of ether oxygens (including phenoxy) is 1. The lowest BCUT2D eigenvalue weighted by molar-refractivity contribution is 0.0312. The maximum atomic E-state index is 5.95. The molecule has 1 unspecified atom stereocenters. The second-order valence-electron chi connectivity index (χ2n) is 4.60. The van der Waals surface area contributed by atoms with Crippen LogP contribution < -0.4 is 0 Å². The van der Waals surface area contributed by atoms with Crippen LogP contribution in [0.2, 0.25) is 6.32 Å². The second kappa shape index (κ2) is 7.33. The Hall–Kier alpha value is 0.0249. The van der Waals surface area contributed by atoms with Gasteiger partial charge in [0.25, 0.3) is 0 Å². The monoisotopic (exact) mass is 196 g/mol. The van der Waals surface area contributed by atoms with Crippen LogP contribution in [0.5, 0.6) is 0 Å². The maximum Gasteiger partial charge on any atom is 0.101 e. The summed E-state index contributed by atoms with van der Waals surface area (Å²) in [6, 6.07) is 0. The van der Waals surface area contributed by atoms with Crippen molar-refractivity contribution in [3.05, 3.63) is 0 Å². The highest BCUT2D eigenvalue weighted by Crippen LogP contribution is 2.36. The number of rotatable bonds is 9. The van der Waals surface area contributed by atoms with Crippen molar-refractivity contribution in [3.8, 4) is 0 Å². The third-order valence-corrected chi connectivity index (χ3v) is 3.07. The molecule has 1 aliphatic carbocycles. The van der Waals surface area contributed by atoms with E-state index in [1.54, 1.807) is 0 Å². The lowest BCUT2D eigenvalue weighted by Crippen LogP contribution is -2.16. The van der Waals surface area contributed by atoms with Gasteiger partial charge in [0.2, 0.25) is 0 Å². The van der Waals surface area contributed by atoms with Crippen LogP contribution in [0, 0.1) is 5.92 Å². The molecule has 1 fully saturated rings. The van der Waals surface area contributed by atoms with Crippen LogP contribution in [0.15, 0.2) is 0 Å². The minimum Gasteiger partial charge on any atom is -0.378 e. The number of hydrogen-bond donors (Lipinski definition) is 0. The fraction of sp³-hybridized carbons (Fsp3) is 1.00. The molecule has 0 radical (unpaired) electrons. The van der Waals surface area contributed by atoms with Gasteiger partial charge >= 0.3 is 0 Å². The van der Waals surface area contributed by atoms with Crippen molar-refractivity contribution in [1.82, 2.24) is 0 Å². The molecule has 2 heteroatoms. The van der Waals surface area contributed by atoms with Gasteiger partial charge in [-0.15, -0.1) is 0 Å². The summed E-state index contributed by atoms with van der Waals surface area (Å²) >= 11 is 0. The molecule has 0 aromatic carbocycles. The standard InChI is InChI=1S/C12H25BO/c1-2-3-4-6-12(11-7-8-11)14-10-5-9-13/h11-12H,2-10,13H2,1H3. The van der Waals surface area contributed by atoms with Crippen molar-refractivity contribution >= 4 is 7.85 Å². The van der Waals surface area contributed by atoms with Crippen LogP contribution in [0.4, 0.5) is 0 Å². The molecule has 14 heavy (non-hydrogen) atoms. The highest BCUT2D eigenvalue weighted by Gasteiger charge is 2.31. The molecule has 1 atom stereocenters. The molecule has 0 spiro atoms. The van der Waals surface area contributed by atoms with E-state index in [0.717, 1.165) is 12.5 Å². The van der Waals surface area contributed by atoms with Crippen LogP contribution >= 0.6 is 0 Å². The highest BCUT2D eigenvalue weighted by molar-refractivity contribution is 6.08. The summed E-state index contributed by atoms with van der Waals surface area (Å²) in [5.41, 5.74) is 0. The fourth-order valence-electron chi connectivity index (χ4n) is 1.90. The minimum absolute atomic E-state index is 0.605. The fourth-order valence-corrected chi connectivity index (χ4v) is 1.90. The van der Waals surface area contributed by atoms with E-state index in [2.05, 4.69) is 14.8 Å². The zero-order valence-corrected chi connectivity index (χ0v) is 9.93. The molecular weight excluding hydrogens is 171 g/mol. The van der Waals surface area contributed by atoms with Gasteiger partial charge in [0, 0.05) is 6.61 Å². The Labute approximate surface area is 90.0 Å². The summed E-state index contributed by atoms with van der Waals surface area (Å²) in [7, 11) is 2.23. The molecule has 0 heterocycles. The predicted octanol–water partition coefficient (Wildman–Crippen LogP) is 2.80. The molecule has 0 N–H and O–H groups in total. The first-order valence-electron chi connectivity index (χ1n) is 6.50. The van der Waals surface area contributed by atoms with Gasteiger partial charge < -0.3 is 4.74 Å². The van der Waals surface area contributed by atoms with E-state index >= 15 is 0 Å². The Bertz CT molecular complexity index is 124. The van der Waals surface area contributed by atoms with Crippen molar-refractivity contribution < 1.29 is 4.74 Å². The topological polar surface area (TPSA) is 9.23 Å². The molecular formula is C12H25BO. The molecule has 0 aliphatic heterocycles. The highest BCUT2D eigenvalue weighted by atomic mass is 16.5. The zero-order valence-electron chi connectivity index (χ0n) is 9.93. The maximum absolute atomic E-state index is 5.95. The molecule has 1 saturated carbocycles. The lowest BCUT2D eigenvalue weighted by Gasteiger charge is -2.16. The largest absolute Gasteiger partial charge is 0.378 e. The van der Waals surface area contributed by atoms with Gasteiger partial charge in [0.15, 0.2) is 0 Å². The van der Waals surface area contributed by atoms with Crippen LogP contribution in [0.3, 0.4) is 0 Å². The van der Waals surface area contributed by atoms with E-state index < -0.39 is 0 Å². The minimum atomic E-state index is 0.605. The molecule has 0 bridgehead atoms. The van der Waals surface area contributed by atoms with Crippen molar-refractivity contribution in [3.63, 3.8) is 0 Å². The number of unbranched alkanes of at least 4 members (excludes halogenated alkanes) is 2. The summed E-state index contributed by atoms with van der Waals surface area (Å²) in [5.74, 6) is 0.920. The molecule has 0 aromatic rings. The van der Waals surface area contributed by atoms with Gasteiger partial charge in [0.05, 0.1) is 6.10 Å². The molecule has 1 rings (SSSR count). The van der Waals surface area contributed by atoms with Crippen molar-refractivity contribution in [1.29, 1.82) is 0 Å². The molecule has 82 valence electrons. The van der Waals surface area contributed by atoms with E-state index in [-0.39, 0.29) is 0 Å². The predicted molar refractivity (Wildman–Crippen MR) is 64.6 cm³/mol. The number of hydrogen-bond acceptors (Lipinski definition) is 1. The third-order valence-electron chi connectivity index (χ3n) is 3.07. The Morgan fingerprint density at radius 2 is 2.07 bits per heavy atom. The van der Waals surface area contributed by atoms with Gasteiger partial charge in [0.1, 0.15) is 7.85 Å². The van der Waals surface area contributed by atoms with Gasteiger partial charge in [-0.25, -0.2) is 0 Å². The Morgan fingerprint density at radius 3 is 2.64 bits per heavy atom. The van der Waals surface area contributed by atoms with E-state index in [1.165, 1.54) is 51.3 Å². The Kier molecular flexibility index (Phi) is 6.34. The van der Waals surface area contributed by atoms with Crippen molar-refractivity contribution in [2.45, 2.75) is 64.3 Å². The normalized spacial score (nSPS) is 18.4. The first-order valence-corrected chi connectivity index (χ1v) is 6.50. The first kappa shape index (κ1) is 12.1. The lowest BCUT2D eigenvalue weighted by atomic mass is 10.0. The van der Waals surface area contributed by atoms with E-state index in [9.17, 15) is 0 Å². The van der Waals surface area contributed by atoms with Crippen LogP contribution in [-0.4, -0.2) is 20.6 Å². The van der Waals surface area contributed by atoms with Gasteiger partial charge in [-0.05, 0) is 31.6 Å². The van der Waals surface area contributed by atoms with Crippen LogP contribution in [0.25, 0.3) is 0 Å². The van der Waals surface area contributed by atoms with Crippen LogP contribution in [0.1, 0.15) is 51.9 Å². The zero-order chi connectivity index (χ0) is 10.2. The molecule has 0 aromatic heterocycles. The van der Waals surface area contributed by atoms with E-state index in [0.29, 0.717) is 6.10 Å². The summed E-state index contributed by atoms with van der Waals surface area (Å²) in [6.07, 6.45) is 11.3. The molecule has 1 nitrogen and oxygen atoms in total. The van der Waals surface area contributed by atoms with E-state index in [1.807, 2.05) is 0 Å². The van der Waals surface area contributed by atoms with Crippen molar-refractivity contribution in [2.24, 2.45) is 5.92 Å². The quantitative estimate of drug-likeness (QED) is 0.407. The molecule has 0 saturated heterocycles. The Morgan fingerprint density at radius 1 is 1.29 bits per heavy atom. The second-order valence-corrected chi connectivity index (χ2v) is 4.60. The summed E-state index contributed by atoms with van der Waals surface area (Å²) in [6.45, 7) is 3.26. The van der Waals surface area contributed by atoms with Crippen molar-refractivity contribution in [2.75, 3.05) is 6.61 Å². The van der Waals surface area contributed by atoms with Gasteiger partial charge in [-0.2, -0.15) is 0 Å².